The highest BCUT2D eigenvalue weighted by Gasteiger charge is 2.13. The molecule has 0 heterocycles. The first-order valence-electron chi connectivity index (χ1n) is 6.48. The molecule has 0 aliphatic carbocycles. The minimum absolute atomic E-state index is 0.0160. The number of hydrogen-bond acceptors (Lipinski definition) is 5. The van der Waals surface area contributed by atoms with Crippen molar-refractivity contribution < 1.29 is 14.6 Å². The Morgan fingerprint density at radius 2 is 1.96 bits per heavy atom. The summed E-state index contributed by atoms with van der Waals surface area (Å²) in [6.45, 7) is 0. The molecule has 2 N–H and O–H groups in total. The molecule has 0 aliphatic heterocycles. The van der Waals surface area contributed by atoms with Crippen LogP contribution in [-0.2, 0) is 11.3 Å². The maximum atomic E-state index is 11.8. The molecule has 0 spiro atoms. The van der Waals surface area contributed by atoms with Crippen molar-refractivity contribution >= 4 is 29.1 Å². The maximum absolute atomic E-state index is 11.8. The summed E-state index contributed by atoms with van der Waals surface area (Å²) in [6, 6.07) is 12.1. The van der Waals surface area contributed by atoms with Gasteiger partial charge in [-0.15, -0.1) is 0 Å². The second-order valence-corrected chi connectivity index (χ2v) is 5.01. The van der Waals surface area contributed by atoms with Crippen LogP contribution in [0.3, 0.4) is 0 Å². The molecule has 0 unspecified atom stereocenters. The smallest absolute Gasteiger partial charge is 0.366 e. The largest absolute Gasteiger partial charge is 0.384 e. The number of oxime groups is 1. The summed E-state index contributed by atoms with van der Waals surface area (Å²) in [5.41, 5.74) is 6.33. The number of rotatable bonds is 5. The molecule has 8 heteroatoms. The van der Waals surface area contributed by atoms with Crippen LogP contribution in [0.15, 0.2) is 53.7 Å². The first-order valence-corrected chi connectivity index (χ1v) is 6.86. The normalized spacial score (nSPS) is 11.1. The summed E-state index contributed by atoms with van der Waals surface area (Å²) in [7, 11) is 0. The van der Waals surface area contributed by atoms with Gasteiger partial charge in [-0.2, -0.15) is 0 Å². The van der Waals surface area contributed by atoms with Gasteiger partial charge < -0.3 is 10.6 Å². The van der Waals surface area contributed by atoms with Crippen LogP contribution in [0.5, 0.6) is 0 Å². The van der Waals surface area contributed by atoms with E-state index in [1.54, 1.807) is 24.3 Å². The average Bonchev–Trinajstić information content (AvgIpc) is 2.55. The van der Waals surface area contributed by atoms with Gasteiger partial charge in [0.2, 0.25) is 0 Å². The number of carbonyl (C=O) groups excluding carboxylic acids is 1. The van der Waals surface area contributed by atoms with Gasteiger partial charge in [-0.1, -0.05) is 35.0 Å². The maximum Gasteiger partial charge on any atom is 0.366 e. The Kier molecular flexibility index (Phi) is 5.27. The van der Waals surface area contributed by atoms with Crippen molar-refractivity contribution in [1.29, 1.82) is 0 Å². The fraction of sp³-hybridized carbons (Fsp3) is 0.0667. The van der Waals surface area contributed by atoms with Crippen molar-refractivity contribution in [3.8, 4) is 0 Å². The molecule has 0 radical (unpaired) electrons. The summed E-state index contributed by atoms with van der Waals surface area (Å²) in [5.74, 6) is -0.737. The Bertz CT molecular complexity index is 760. The van der Waals surface area contributed by atoms with Gasteiger partial charge in [0.25, 0.3) is 5.69 Å². The molecule has 0 aromatic heterocycles. The van der Waals surface area contributed by atoms with E-state index in [0.717, 1.165) is 11.6 Å². The zero-order chi connectivity index (χ0) is 16.8. The van der Waals surface area contributed by atoms with E-state index >= 15 is 0 Å². The molecule has 2 aromatic carbocycles. The SMILES string of the molecule is N/C(Cc1ccc(Cl)cc1)=N/OC(=O)c1cccc([N+](=O)[O-])c1. The number of carbonyl (C=O) groups is 1. The molecule has 0 saturated carbocycles. The number of non-ortho nitro benzene ring substituents is 1. The van der Waals surface area contributed by atoms with Crippen LogP contribution in [0.1, 0.15) is 15.9 Å². The number of nitrogens with two attached hydrogens (primary N) is 1. The predicted octanol–water partition coefficient (Wildman–Crippen LogP) is 2.92. The molecule has 2 rings (SSSR count). The van der Waals surface area contributed by atoms with Crippen LogP contribution in [0.2, 0.25) is 5.02 Å². The van der Waals surface area contributed by atoms with Gasteiger partial charge in [0, 0.05) is 23.6 Å². The number of nitro benzene ring substituents is 1. The van der Waals surface area contributed by atoms with E-state index in [1.165, 1.54) is 18.2 Å². The van der Waals surface area contributed by atoms with Gasteiger partial charge in [-0.3, -0.25) is 10.1 Å². The number of nitrogens with zero attached hydrogens (tertiary/aromatic N) is 2. The first-order chi connectivity index (χ1) is 11.0. The summed E-state index contributed by atoms with van der Waals surface area (Å²) >= 11 is 5.77. The molecule has 0 aliphatic rings. The van der Waals surface area contributed by atoms with Crippen LogP contribution in [0.4, 0.5) is 5.69 Å². The van der Waals surface area contributed by atoms with Crippen LogP contribution in [0.25, 0.3) is 0 Å². The third kappa shape index (κ3) is 4.79. The quantitative estimate of drug-likeness (QED) is 0.297. The highest BCUT2D eigenvalue weighted by atomic mass is 35.5. The van der Waals surface area contributed by atoms with E-state index in [0.29, 0.717) is 5.02 Å². The van der Waals surface area contributed by atoms with Crippen molar-refractivity contribution in [1.82, 2.24) is 0 Å². The van der Waals surface area contributed by atoms with Crippen molar-refractivity contribution in [3.05, 3.63) is 74.8 Å². The average molecular weight is 334 g/mol. The molecule has 23 heavy (non-hydrogen) atoms. The summed E-state index contributed by atoms with van der Waals surface area (Å²) < 4.78 is 0. The molecule has 7 nitrogen and oxygen atoms in total. The molecule has 118 valence electrons. The third-order valence-corrected chi connectivity index (χ3v) is 3.09. The van der Waals surface area contributed by atoms with Crippen molar-refractivity contribution in [2.45, 2.75) is 6.42 Å². The number of hydrogen-bond donors (Lipinski definition) is 1. The van der Waals surface area contributed by atoms with Crippen molar-refractivity contribution in [2.24, 2.45) is 10.9 Å². The van der Waals surface area contributed by atoms with Crippen LogP contribution in [0, 0.1) is 10.1 Å². The monoisotopic (exact) mass is 333 g/mol. The van der Waals surface area contributed by atoms with E-state index in [1.807, 2.05) is 0 Å². The number of benzene rings is 2. The number of amidine groups is 1. The summed E-state index contributed by atoms with van der Waals surface area (Å²) in [4.78, 5) is 26.6. The van der Waals surface area contributed by atoms with Gasteiger partial charge in [-0.05, 0) is 23.8 Å². The molecule has 0 bridgehead atoms. The van der Waals surface area contributed by atoms with Gasteiger partial charge in [0.15, 0.2) is 0 Å². The van der Waals surface area contributed by atoms with Crippen molar-refractivity contribution in [2.75, 3.05) is 0 Å². The summed E-state index contributed by atoms with van der Waals surface area (Å²) in [6.07, 6.45) is 0.277. The van der Waals surface area contributed by atoms with Crippen LogP contribution >= 0.6 is 11.6 Å². The van der Waals surface area contributed by atoms with Gasteiger partial charge >= 0.3 is 5.97 Å². The lowest BCUT2D eigenvalue weighted by Gasteiger charge is -2.02. The van der Waals surface area contributed by atoms with Crippen molar-refractivity contribution in [3.63, 3.8) is 0 Å². The number of nitro groups is 1. The lowest BCUT2D eigenvalue weighted by Crippen LogP contribution is -2.16. The van der Waals surface area contributed by atoms with E-state index in [-0.39, 0.29) is 23.5 Å². The molecule has 2 aromatic rings. The van der Waals surface area contributed by atoms with E-state index in [2.05, 4.69) is 5.16 Å². The molecular formula is C15H12ClN3O4. The van der Waals surface area contributed by atoms with E-state index in [9.17, 15) is 14.9 Å². The van der Waals surface area contributed by atoms with E-state index in [4.69, 9.17) is 22.2 Å². The molecule has 0 fully saturated rings. The topological polar surface area (TPSA) is 108 Å². The number of halogens is 1. The first kappa shape index (κ1) is 16.4. The Labute approximate surface area is 136 Å². The lowest BCUT2D eigenvalue weighted by atomic mass is 10.1. The molecular weight excluding hydrogens is 322 g/mol. The minimum atomic E-state index is -0.826. The standard InChI is InChI=1S/C15H12ClN3O4/c16-12-6-4-10(5-7-12)8-14(17)18-23-15(20)11-2-1-3-13(9-11)19(21)22/h1-7,9H,8H2,(H2,17,18). The fourth-order valence-electron chi connectivity index (χ4n) is 1.74. The van der Waals surface area contributed by atoms with Gasteiger partial charge in [0.1, 0.15) is 5.84 Å². The summed E-state index contributed by atoms with van der Waals surface area (Å²) in [5, 5.41) is 14.8. The molecule has 0 atom stereocenters. The highest BCUT2D eigenvalue weighted by Crippen LogP contribution is 2.14. The second kappa shape index (κ2) is 7.37. The second-order valence-electron chi connectivity index (χ2n) is 4.57. The van der Waals surface area contributed by atoms with Crippen LogP contribution < -0.4 is 5.73 Å². The van der Waals surface area contributed by atoms with Crippen LogP contribution in [-0.4, -0.2) is 16.7 Å². The van der Waals surface area contributed by atoms with Gasteiger partial charge in [-0.25, -0.2) is 4.79 Å². The Morgan fingerprint density at radius 3 is 2.61 bits per heavy atom. The zero-order valence-electron chi connectivity index (χ0n) is 11.8. The fourth-order valence-corrected chi connectivity index (χ4v) is 1.87. The molecule has 0 amide bonds. The van der Waals surface area contributed by atoms with E-state index < -0.39 is 10.9 Å². The Morgan fingerprint density at radius 1 is 1.26 bits per heavy atom. The Hall–Kier alpha value is -2.93. The molecule has 0 saturated heterocycles. The minimum Gasteiger partial charge on any atom is -0.384 e. The zero-order valence-corrected chi connectivity index (χ0v) is 12.6. The Balaban J connectivity index is 2.00. The lowest BCUT2D eigenvalue weighted by molar-refractivity contribution is -0.384. The predicted molar refractivity (Wildman–Crippen MR) is 85.3 cm³/mol. The third-order valence-electron chi connectivity index (χ3n) is 2.84. The van der Waals surface area contributed by atoms with Gasteiger partial charge in [0.05, 0.1) is 10.5 Å². The highest BCUT2D eigenvalue weighted by molar-refractivity contribution is 6.30.